The van der Waals surface area contributed by atoms with E-state index in [1.54, 1.807) is 0 Å². The first kappa shape index (κ1) is 22.7. The van der Waals surface area contributed by atoms with Crippen molar-refractivity contribution in [1.82, 2.24) is 0 Å². The number of carbonyl (C=O) groups excluding carboxylic acids is 2. The van der Waals surface area contributed by atoms with Crippen LogP contribution in [0.1, 0.15) is 0 Å². The van der Waals surface area contributed by atoms with Crippen LogP contribution in [0.3, 0.4) is 0 Å². The van der Waals surface area contributed by atoms with E-state index < -0.39 is 11.9 Å². The van der Waals surface area contributed by atoms with E-state index in [2.05, 4.69) is 0 Å². The summed E-state index contributed by atoms with van der Waals surface area (Å²) in [7, 11) is 0. The Balaban J connectivity index is -0.0000000417. The van der Waals surface area contributed by atoms with Gasteiger partial charge in [0.15, 0.2) is 0 Å². The van der Waals surface area contributed by atoms with Gasteiger partial charge in [0, 0.05) is 0 Å². The first-order chi connectivity index (χ1) is 2.64. The molecule has 0 aliphatic carbocycles. The van der Waals surface area contributed by atoms with E-state index in [1.165, 1.54) is 0 Å². The molecule has 0 unspecified atom stereocenters. The maximum Gasteiger partial charge on any atom is 3.00 e. The van der Waals surface area contributed by atoms with Gasteiger partial charge in [-0.2, -0.15) is 0 Å². The van der Waals surface area contributed by atoms with E-state index in [0.717, 1.165) is 0 Å². The largest absolute Gasteiger partial charge is 3.00 e. The Kier molecular flexibility index (Phi) is 34.0. The maximum atomic E-state index is 8.93. The molecular weight excluding hydrogens is 605 g/mol. The SMILES string of the molecule is O=C([O-])C(=O)[O-].[Lu+3].[Tm+3].[Yb+3]. The van der Waals surface area contributed by atoms with Crippen molar-refractivity contribution in [2.75, 3.05) is 0 Å². The fourth-order valence-electron chi connectivity index (χ4n) is 0. The van der Waals surface area contributed by atoms with E-state index in [9.17, 15) is 0 Å². The minimum absolute atomic E-state index is 0. The Hall–Kier alpha value is 2.93. The summed E-state index contributed by atoms with van der Waals surface area (Å²) in [6.45, 7) is 0. The third-order valence-corrected chi connectivity index (χ3v) is 0.167. The number of hydrogen-bond donors (Lipinski definition) is 0. The average molecular weight is 605 g/mol. The molecule has 0 heterocycles. The van der Waals surface area contributed by atoms with Crippen molar-refractivity contribution >= 4 is 11.9 Å². The van der Waals surface area contributed by atoms with Gasteiger partial charge in [0.1, 0.15) is 0 Å². The quantitative estimate of drug-likeness (QED) is 0.269. The summed E-state index contributed by atoms with van der Waals surface area (Å²) in [5, 5.41) is 17.9. The summed E-state index contributed by atoms with van der Waals surface area (Å²) < 4.78 is 0. The molecule has 4 nitrogen and oxygen atoms in total. The molecule has 0 aromatic rings. The van der Waals surface area contributed by atoms with Crippen LogP contribution in [0.4, 0.5) is 0 Å². The number of hydrogen-bond acceptors (Lipinski definition) is 4. The topological polar surface area (TPSA) is 80.3 Å². The molecule has 0 spiro atoms. The van der Waals surface area contributed by atoms with Crippen LogP contribution in [-0.4, -0.2) is 11.9 Å². The van der Waals surface area contributed by atoms with Crippen LogP contribution in [0, 0.1) is 121 Å². The van der Waals surface area contributed by atoms with E-state index in [1.807, 2.05) is 0 Å². The molecule has 0 aliphatic heterocycles. The Morgan fingerprint density at radius 3 is 1.11 bits per heavy atom. The molecule has 0 rings (SSSR count). The minimum atomic E-state index is -2.19. The summed E-state index contributed by atoms with van der Waals surface area (Å²) >= 11 is 0. The Morgan fingerprint density at radius 2 is 1.11 bits per heavy atom. The van der Waals surface area contributed by atoms with Crippen LogP contribution in [0.5, 0.6) is 0 Å². The normalized spacial score (nSPS) is 4.89. The third kappa shape index (κ3) is 18.1. The van der Waals surface area contributed by atoms with Crippen LogP contribution in [0.15, 0.2) is 0 Å². The second-order valence-corrected chi connectivity index (χ2v) is 0.575. The van der Waals surface area contributed by atoms with E-state index in [-0.39, 0.29) is 121 Å². The summed E-state index contributed by atoms with van der Waals surface area (Å²) in [6.07, 6.45) is 0. The molecule has 67 valence electrons. The number of aliphatic carboxylic acids is 2. The van der Waals surface area contributed by atoms with E-state index in [4.69, 9.17) is 19.8 Å². The number of carboxylic acid groups (broad SMARTS) is 2. The van der Waals surface area contributed by atoms with Gasteiger partial charge in [0.2, 0.25) is 0 Å². The minimum Gasteiger partial charge on any atom is -0.543 e. The van der Waals surface area contributed by atoms with Crippen molar-refractivity contribution in [2.45, 2.75) is 0 Å². The van der Waals surface area contributed by atoms with Crippen LogP contribution in [0.25, 0.3) is 0 Å². The number of carbonyl (C=O) groups is 2. The van der Waals surface area contributed by atoms with Gasteiger partial charge in [0.05, 0.1) is 11.9 Å². The molecule has 0 aromatic heterocycles. The van der Waals surface area contributed by atoms with Gasteiger partial charge >= 0.3 is 121 Å². The predicted octanol–water partition coefficient (Wildman–Crippen LogP) is -3.51. The molecule has 9 heavy (non-hydrogen) atoms. The zero-order chi connectivity index (χ0) is 5.15. The van der Waals surface area contributed by atoms with Crippen molar-refractivity contribution in [3.8, 4) is 0 Å². The van der Waals surface area contributed by atoms with Crippen LogP contribution < -0.4 is 10.2 Å². The van der Waals surface area contributed by atoms with Crippen molar-refractivity contribution < 1.29 is 140 Å². The zero-order valence-electron chi connectivity index (χ0n) is 3.44. The van der Waals surface area contributed by atoms with Gasteiger partial charge < -0.3 is 19.8 Å². The van der Waals surface area contributed by atoms with Gasteiger partial charge in [0.25, 0.3) is 0 Å². The molecule has 0 fully saturated rings. The summed E-state index contributed by atoms with van der Waals surface area (Å²) in [5.74, 6) is -4.37. The summed E-state index contributed by atoms with van der Waals surface area (Å²) in [4.78, 5) is 17.9. The second-order valence-electron chi connectivity index (χ2n) is 0.575. The van der Waals surface area contributed by atoms with Crippen molar-refractivity contribution in [2.24, 2.45) is 0 Å². The second kappa shape index (κ2) is 13.5. The molecule has 0 aliphatic rings. The number of carboxylic acids is 2. The van der Waals surface area contributed by atoms with Gasteiger partial charge in [-0.1, -0.05) is 0 Å². The molecule has 0 atom stereocenters. The van der Waals surface area contributed by atoms with Crippen LogP contribution in [-0.2, 0) is 9.59 Å². The van der Waals surface area contributed by atoms with Gasteiger partial charge in [-0.3, -0.25) is 0 Å². The van der Waals surface area contributed by atoms with Crippen molar-refractivity contribution in [3.63, 3.8) is 0 Å². The fourth-order valence-corrected chi connectivity index (χ4v) is 0. The molecule has 1 radical (unpaired) electrons. The first-order valence-corrected chi connectivity index (χ1v) is 1.07. The van der Waals surface area contributed by atoms with Crippen molar-refractivity contribution in [3.05, 3.63) is 0 Å². The maximum absolute atomic E-state index is 8.93. The van der Waals surface area contributed by atoms with Crippen LogP contribution in [0.2, 0.25) is 0 Å². The Labute approximate surface area is 148 Å². The zero-order valence-corrected chi connectivity index (χ0v) is 8.59. The van der Waals surface area contributed by atoms with Crippen LogP contribution >= 0.6 is 0 Å². The Bertz CT molecular complexity index is 84.6. The van der Waals surface area contributed by atoms with E-state index >= 15 is 0 Å². The molecule has 0 saturated heterocycles. The molecule has 0 aromatic carbocycles. The standard InChI is InChI=1S/C2H2O4.Lu.Tm.Yb/c3-1(4)2(5)6;;;/h(H,3,4)(H,5,6);;;/q;3*+3/p-2. The molecule has 7 heteroatoms. The molecule has 0 amide bonds. The summed E-state index contributed by atoms with van der Waals surface area (Å²) in [6, 6.07) is 0. The summed E-state index contributed by atoms with van der Waals surface area (Å²) in [5.41, 5.74) is 0. The first-order valence-electron chi connectivity index (χ1n) is 1.07. The van der Waals surface area contributed by atoms with Gasteiger partial charge in [-0.25, -0.2) is 0 Å². The molecule has 0 N–H and O–H groups in total. The fraction of sp³-hybridized carbons (Fsp3) is 0. The number of rotatable bonds is 0. The predicted molar refractivity (Wildman–Crippen MR) is 10.0 cm³/mol. The smallest absolute Gasteiger partial charge is 0.543 e. The van der Waals surface area contributed by atoms with Gasteiger partial charge in [-0.15, -0.1) is 0 Å². The molecule has 0 saturated carbocycles. The van der Waals surface area contributed by atoms with Gasteiger partial charge in [-0.05, 0) is 0 Å². The Morgan fingerprint density at radius 1 is 1.00 bits per heavy atom. The van der Waals surface area contributed by atoms with Crippen molar-refractivity contribution in [1.29, 1.82) is 0 Å². The average Bonchev–Trinajstić information content (AvgIpc) is 1.36. The molecular formula is C2LuO4TmYb+7. The molecule has 0 bridgehead atoms. The third-order valence-electron chi connectivity index (χ3n) is 0.167. The van der Waals surface area contributed by atoms with E-state index in [0.29, 0.717) is 0 Å². The monoisotopic (exact) mass is 606 g/mol.